The van der Waals surface area contributed by atoms with E-state index >= 15 is 0 Å². The SMILES string of the molecule is Cc1ccc(NC(=O)c2ccccc2Cc2ccccc2)c(Br)c1. The molecule has 2 nitrogen and oxygen atoms in total. The number of amides is 1. The van der Waals surface area contributed by atoms with Gasteiger partial charge in [0, 0.05) is 10.0 Å². The topological polar surface area (TPSA) is 29.1 Å². The molecule has 3 aromatic rings. The normalized spacial score (nSPS) is 10.4. The predicted molar refractivity (Wildman–Crippen MR) is 103 cm³/mol. The second-order valence-electron chi connectivity index (χ2n) is 5.76. The van der Waals surface area contributed by atoms with Gasteiger partial charge in [-0.25, -0.2) is 0 Å². The standard InChI is InChI=1S/C21H18BrNO/c1-15-11-12-20(19(22)13-15)23-21(24)18-10-6-5-9-17(18)14-16-7-3-2-4-8-16/h2-13H,14H2,1H3,(H,23,24). The van der Waals surface area contributed by atoms with Gasteiger partial charge in [-0.2, -0.15) is 0 Å². The molecule has 0 aliphatic carbocycles. The lowest BCUT2D eigenvalue weighted by Gasteiger charge is -2.12. The molecule has 0 atom stereocenters. The van der Waals surface area contributed by atoms with Crippen molar-refractivity contribution in [1.82, 2.24) is 0 Å². The highest BCUT2D eigenvalue weighted by Crippen LogP contribution is 2.24. The Morgan fingerprint density at radius 2 is 1.67 bits per heavy atom. The summed E-state index contributed by atoms with van der Waals surface area (Å²) >= 11 is 3.51. The van der Waals surface area contributed by atoms with Gasteiger partial charge >= 0.3 is 0 Å². The van der Waals surface area contributed by atoms with Crippen LogP contribution in [0.4, 0.5) is 5.69 Å². The highest BCUT2D eigenvalue weighted by atomic mass is 79.9. The zero-order chi connectivity index (χ0) is 16.9. The molecular weight excluding hydrogens is 362 g/mol. The van der Waals surface area contributed by atoms with E-state index in [0.717, 1.165) is 27.7 Å². The second kappa shape index (κ2) is 7.45. The molecule has 24 heavy (non-hydrogen) atoms. The van der Waals surface area contributed by atoms with Crippen LogP contribution in [0.15, 0.2) is 77.3 Å². The van der Waals surface area contributed by atoms with Gasteiger partial charge in [0.15, 0.2) is 0 Å². The quantitative estimate of drug-likeness (QED) is 0.627. The number of aryl methyl sites for hydroxylation is 1. The Morgan fingerprint density at radius 1 is 0.958 bits per heavy atom. The Balaban J connectivity index is 1.85. The molecule has 1 amide bonds. The van der Waals surface area contributed by atoms with Crippen LogP contribution in [-0.2, 0) is 6.42 Å². The summed E-state index contributed by atoms with van der Waals surface area (Å²) in [4.78, 5) is 12.7. The molecule has 0 aliphatic rings. The third-order valence-corrected chi connectivity index (χ3v) is 4.53. The zero-order valence-corrected chi connectivity index (χ0v) is 15.0. The molecule has 0 aliphatic heterocycles. The smallest absolute Gasteiger partial charge is 0.255 e. The minimum Gasteiger partial charge on any atom is -0.321 e. The van der Waals surface area contributed by atoms with E-state index in [1.807, 2.05) is 67.6 Å². The summed E-state index contributed by atoms with van der Waals surface area (Å²) in [6, 6.07) is 23.8. The number of carbonyl (C=O) groups is 1. The maximum absolute atomic E-state index is 12.7. The predicted octanol–water partition coefficient (Wildman–Crippen LogP) is 5.60. The van der Waals surface area contributed by atoms with Gasteiger partial charge < -0.3 is 5.32 Å². The maximum atomic E-state index is 12.7. The molecule has 0 bridgehead atoms. The highest BCUT2D eigenvalue weighted by Gasteiger charge is 2.13. The molecule has 0 aromatic heterocycles. The van der Waals surface area contributed by atoms with Crippen LogP contribution in [0.3, 0.4) is 0 Å². The van der Waals surface area contributed by atoms with E-state index in [1.165, 1.54) is 5.56 Å². The number of nitrogens with one attached hydrogen (secondary N) is 1. The number of rotatable bonds is 4. The minimum atomic E-state index is -0.0916. The van der Waals surface area contributed by atoms with Crippen molar-refractivity contribution in [2.75, 3.05) is 5.32 Å². The summed E-state index contributed by atoms with van der Waals surface area (Å²) in [6.45, 7) is 2.02. The lowest BCUT2D eigenvalue weighted by Crippen LogP contribution is -2.14. The largest absolute Gasteiger partial charge is 0.321 e. The third kappa shape index (κ3) is 3.92. The third-order valence-electron chi connectivity index (χ3n) is 3.87. The number of hydrogen-bond donors (Lipinski definition) is 1. The molecule has 120 valence electrons. The number of hydrogen-bond acceptors (Lipinski definition) is 1. The van der Waals surface area contributed by atoms with Crippen LogP contribution < -0.4 is 5.32 Å². The fraction of sp³-hybridized carbons (Fsp3) is 0.0952. The van der Waals surface area contributed by atoms with E-state index < -0.39 is 0 Å². The fourth-order valence-electron chi connectivity index (χ4n) is 2.62. The summed E-state index contributed by atoms with van der Waals surface area (Å²) in [5, 5.41) is 2.99. The summed E-state index contributed by atoms with van der Waals surface area (Å²) < 4.78 is 0.886. The van der Waals surface area contributed by atoms with Gasteiger partial charge in [-0.05, 0) is 64.2 Å². The van der Waals surface area contributed by atoms with Gasteiger partial charge in [0.1, 0.15) is 0 Å². The molecule has 1 N–H and O–H groups in total. The molecule has 0 spiro atoms. The van der Waals surface area contributed by atoms with E-state index in [-0.39, 0.29) is 5.91 Å². The fourth-order valence-corrected chi connectivity index (χ4v) is 3.22. The number of halogens is 1. The monoisotopic (exact) mass is 379 g/mol. The van der Waals surface area contributed by atoms with Crippen molar-refractivity contribution in [3.8, 4) is 0 Å². The first-order chi connectivity index (χ1) is 11.6. The Bertz CT molecular complexity index is 859. The Morgan fingerprint density at radius 3 is 2.42 bits per heavy atom. The van der Waals surface area contributed by atoms with Gasteiger partial charge in [0.05, 0.1) is 5.69 Å². The van der Waals surface area contributed by atoms with Crippen molar-refractivity contribution in [3.63, 3.8) is 0 Å². The zero-order valence-electron chi connectivity index (χ0n) is 13.4. The summed E-state index contributed by atoms with van der Waals surface area (Å²) in [5.74, 6) is -0.0916. The van der Waals surface area contributed by atoms with Crippen LogP contribution in [0.25, 0.3) is 0 Å². The second-order valence-corrected chi connectivity index (χ2v) is 6.61. The van der Waals surface area contributed by atoms with Crippen LogP contribution in [0.1, 0.15) is 27.0 Å². The molecule has 0 saturated heterocycles. The Hall–Kier alpha value is -2.39. The molecule has 0 radical (unpaired) electrons. The van der Waals surface area contributed by atoms with Crippen LogP contribution in [0, 0.1) is 6.92 Å². The van der Waals surface area contributed by atoms with E-state index in [1.54, 1.807) is 0 Å². The number of carbonyl (C=O) groups excluding carboxylic acids is 1. The highest BCUT2D eigenvalue weighted by molar-refractivity contribution is 9.10. The number of benzene rings is 3. The van der Waals surface area contributed by atoms with Crippen LogP contribution in [0.2, 0.25) is 0 Å². The molecular formula is C21H18BrNO. The van der Waals surface area contributed by atoms with Crippen molar-refractivity contribution in [1.29, 1.82) is 0 Å². The lowest BCUT2D eigenvalue weighted by molar-refractivity contribution is 0.102. The van der Waals surface area contributed by atoms with Gasteiger partial charge in [0.25, 0.3) is 5.91 Å². The van der Waals surface area contributed by atoms with Crippen molar-refractivity contribution >= 4 is 27.5 Å². The molecule has 0 unspecified atom stereocenters. The maximum Gasteiger partial charge on any atom is 0.255 e. The summed E-state index contributed by atoms with van der Waals surface area (Å²) in [7, 11) is 0. The average molecular weight is 380 g/mol. The van der Waals surface area contributed by atoms with E-state index in [0.29, 0.717) is 5.56 Å². The first-order valence-electron chi connectivity index (χ1n) is 7.83. The van der Waals surface area contributed by atoms with Crippen molar-refractivity contribution in [2.45, 2.75) is 13.3 Å². The summed E-state index contributed by atoms with van der Waals surface area (Å²) in [6.07, 6.45) is 0.736. The minimum absolute atomic E-state index is 0.0916. The molecule has 0 saturated carbocycles. The van der Waals surface area contributed by atoms with E-state index in [9.17, 15) is 4.79 Å². The molecule has 3 heteroatoms. The van der Waals surface area contributed by atoms with Gasteiger partial charge in [-0.3, -0.25) is 4.79 Å². The van der Waals surface area contributed by atoms with Crippen molar-refractivity contribution in [3.05, 3.63) is 99.5 Å². The average Bonchev–Trinajstić information content (AvgIpc) is 2.59. The summed E-state index contributed by atoms with van der Waals surface area (Å²) in [5.41, 5.74) is 4.83. The van der Waals surface area contributed by atoms with Crippen LogP contribution in [0.5, 0.6) is 0 Å². The van der Waals surface area contributed by atoms with Crippen LogP contribution >= 0.6 is 15.9 Å². The molecule has 3 rings (SSSR count). The first-order valence-corrected chi connectivity index (χ1v) is 8.62. The Labute approximate surface area is 150 Å². The van der Waals surface area contributed by atoms with E-state index in [2.05, 4.69) is 33.4 Å². The lowest BCUT2D eigenvalue weighted by atomic mass is 9.99. The Kier molecular flexibility index (Phi) is 5.11. The number of anilines is 1. The molecule has 3 aromatic carbocycles. The molecule has 0 heterocycles. The van der Waals surface area contributed by atoms with Gasteiger partial charge in [-0.1, -0.05) is 54.6 Å². The van der Waals surface area contributed by atoms with Crippen molar-refractivity contribution < 1.29 is 4.79 Å². The van der Waals surface area contributed by atoms with E-state index in [4.69, 9.17) is 0 Å². The van der Waals surface area contributed by atoms with Crippen LogP contribution in [-0.4, -0.2) is 5.91 Å². The van der Waals surface area contributed by atoms with Gasteiger partial charge in [0.2, 0.25) is 0 Å². The molecule has 0 fully saturated rings. The van der Waals surface area contributed by atoms with Gasteiger partial charge in [-0.15, -0.1) is 0 Å². The first kappa shape index (κ1) is 16.5. The van der Waals surface area contributed by atoms with Crippen molar-refractivity contribution in [2.24, 2.45) is 0 Å².